The summed E-state index contributed by atoms with van der Waals surface area (Å²) in [6.45, 7) is 6.28. The van der Waals surface area contributed by atoms with E-state index in [1.807, 2.05) is 37.9 Å². The second-order valence-electron chi connectivity index (χ2n) is 5.41. The number of aryl methyl sites for hydroxylation is 2. The molecule has 3 heterocycles. The van der Waals surface area contributed by atoms with Gasteiger partial charge in [-0.2, -0.15) is 4.98 Å². The summed E-state index contributed by atoms with van der Waals surface area (Å²) in [5, 5.41) is 3.93. The largest absolute Gasteiger partial charge is 0.352 e. The van der Waals surface area contributed by atoms with E-state index >= 15 is 0 Å². The number of rotatable bonds is 4. The summed E-state index contributed by atoms with van der Waals surface area (Å²) in [5.41, 5.74) is 2.85. The van der Waals surface area contributed by atoms with Crippen LogP contribution in [0.25, 0.3) is 11.4 Å². The Morgan fingerprint density at radius 2 is 1.96 bits per heavy atom. The Bertz CT molecular complexity index is 815. The van der Waals surface area contributed by atoms with Crippen molar-refractivity contribution in [2.45, 2.75) is 27.3 Å². The molecule has 0 atom stereocenters. The van der Waals surface area contributed by atoms with Gasteiger partial charge < -0.3 is 9.42 Å². The lowest BCUT2D eigenvalue weighted by Crippen LogP contribution is -2.21. The Morgan fingerprint density at radius 3 is 2.61 bits per heavy atom. The van der Waals surface area contributed by atoms with Crippen LogP contribution < -0.4 is 4.90 Å². The molecule has 0 aliphatic heterocycles. The molecule has 0 saturated carbocycles. The quantitative estimate of drug-likeness (QED) is 0.732. The molecule has 0 unspecified atom stereocenters. The van der Waals surface area contributed by atoms with Gasteiger partial charge in [-0.1, -0.05) is 5.16 Å². The van der Waals surface area contributed by atoms with Crippen molar-refractivity contribution in [2.24, 2.45) is 0 Å². The SMILES string of the molecule is Cc1nc(CN(C)c2nc(-c3cccnc3)nc(C)c2C)no1. The molecule has 118 valence electrons. The van der Waals surface area contributed by atoms with Crippen LogP contribution in [0.5, 0.6) is 0 Å². The summed E-state index contributed by atoms with van der Waals surface area (Å²) in [5.74, 6) is 2.69. The molecule has 0 saturated heterocycles. The summed E-state index contributed by atoms with van der Waals surface area (Å²) in [6, 6.07) is 3.82. The van der Waals surface area contributed by atoms with Crippen molar-refractivity contribution >= 4 is 5.82 Å². The van der Waals surface area contributed by atoms with Gasteiger partial charge in [-0.15, -0.1) is 0 Å². The van der Waals surface area contributed by atoms with Crippen molar-refractivity contribution in [1.82, 2.24) is 25.1 Å². The van der Waals surface area contributed by atoms with Gasteiger partial charge in [0, 0.05) is 43.2 Å². The van der Waals surface area contributed by atoms with Gasteiger partial charge >= 0.3 is 0 Å². The minimum absolute atomic E-state index is 0.515. The van der Waals surface area contributed by atoms with E-state index in [9.17, 15) is 0 Å². The molecule has 0 N–H and O–H groups in total. The minimum Gasteiger partial charge on any atom is -0.352 e. The summed E-state index contributed by atoms with van der Waals surface area (Å²) in [4.78, 5) is 19.6. The van der Waals surface area contributed by atoms with E-state index < -0.39 is 0 Å². The molecule has 0 radical (unpaired) electrons. The van der Waals surface area contributed by atoms with Crippen LogP contribution in [0.2, 0.25) is 0 Å². The predicted octanol–water partition coefficient (Wildman–Crippen LogP) is 2.48. The third kappa shape index (κ3) is 3.18. The molecule has 7 nitrogen and oxygen atoms in total. The Kier molecular flexibility index (Phi) is 4.01. The van der Waals surface area contributed by atoms with Gasteiger partial charge in [0.15, 0.2) is 11.6 Å². The van der Waals surface area contributed by atoms with E-state index in [-0.39, 0.29) is 0 Å². The monoisotopic (exact) mass is 310 g/mol. The van der Waals surface area contributed by atoms with Crippen LogP contribution in [-0.2, 0) is 6.54 Å². The van der Waals surface area contributed by atoms with Crippen molar-refractivity contribution in [1.29, 1.82) is 0 Å². The average molecular weight is 310 g/mol. The molecule has 0 aromatic carbocycles. The van der Waals surface area contributed by atoms with E-state index in [0.29, 0.717) is 24.1 Å². The lowest BCUT2D eigenvalue weighted by Gasteiger charge is -2.20. The van der Waals surface area contributed by atoms with Crippen molar-refractivity contribution in [2.75, 3.05) is 11.9 Å². The molecule has 0 fully saturated rings. The Morgan fingerprint density at radius 1 is 1.13 bits per heavy atom. The van der Waals surface area contributed by atoms with Crippen molar-refractivity contribution < 1.29 is 4.52 Å². The number of anilines is 1. The minimum atomic E-state index is 0.515. The zero-order valence-electron chi connectivity index (χ0n) is 13.6. The standard InChI is InChI=1S/C16H18N6O/c1-10-11(2)18-15(13-6-5-7-17-8-13)20-16(10)22(4)9-14-19-12(3)23-21-14/h5-8H,9H2,1-4H3. The summed E-state index contributed by atoms with van der Waals surface area (Å²) < 4.78 is 5.02. The maximum atomic E-state index is 5.02. The van der Waals surface area contributed by atoms with E-state index in [2.05, 4.69) is 20.1 Å². The number of hydrogen-bond donors (Lipinski definition) is 0. The lowest BCUT2D eigenvalue weighted by molar-refractivity contribution is 0.387. The second-order valence-corrected chi connectivity index (χ2v) is 5.41. The van der Waals surface area contributed by atoms with Gasteiger partial charge in [0.05, 0.1) is 6.54 Å². The Balaban J connectivity index is 1.96. The molecule has 0 bridgehead atoms. The molecule has 23 heavy (non-hydrogen) atoms. The third-order valence-corrected chi connectivity index (χ3v) is 3.59. The van der Waals surface area contributed by atoms with Gasteiger partial charge in [0.1, 0.15) is 5.82 Å². The topological polar surface area (TPSA) is 80.8 Å². The summed E-state index contributed by atoms with van der Waals surface area (Å²) in [7, 11) is 1.95. The third-order valence-electron chi connectivity index (χ3n) is 3.59. The molecular weight excluding hydrogens is 292 g/mol. The molecule has 7 heteroatoms. The predicted molar refractivity (Wildman–Crippen MR) is 85.9 cm³/mol. The van der Waals surface area contributed by atoms with Crippen LogP contribution in [0, 0.1) is 20.8 Å². The fourth-order valence-corrected chi connectivity index (χ4v) is 2.30. The van der Waals surface area contributed by atoms with Crippen LogP contribution in [0.4, 0.5) is 5.82 Å². The first-order chi connectivity index (χ1) is 11.0. The average Bonchev–Trinajstić information content (AvgIpc) is 2.95. The van der Waals surface area contributed by atoms with E-state index in [0.717, 1.165) is 22.6 Å². The van der Waals surface area contributed by atoms with Gasteiger partial charge in [-0.3, -0.25) is 4.98 Å². The molecule has 3 rings (SSSR count). The van der Waals surface area contributed by atoms with Crippen molar-refractivity contribution in [3.8, 4) is 11.4 Å². The molecule has 0 aliphatic rings. The Labute approximate surface area is 134 Å². The molecular formula is C16H18N6O. The first-order valence-electron chi connectivity index (χ1n) is 7.30. The Hall–Kier alpha value is -2.83. The molecule has 0 aliphatic carbocycles. The van der Waals surface area contributed by atoms with E-state index in [4.69, 9.17) is 9.51 Å². The van der Waals surface area contributed by atoms with Crippen LogP contribution >= 0.6 is 0 Å². The number of aromatic nitrogens is 5. The first kappa shape index (κ1) is 15.1. The maximum Gasteiger partial charge on any atom is 0.223 e. The van der Waals surface area contributed by atoms with Crippen molar-refractivity contribution in [3.05, 3.63) is 47.5 Å². The highest BCUT2D eigenvalue weighted by atomic mass is 16.5. The molecule has 3 aromatic heterocycles. The highest BCUT2D eigenvalue weighted by molar-refractivity contribution is 5.59. The zero-order chi connectivity index (χ0) is 16.4. The van der Waals surface area contributed by atoms with E-state index in [1.165, 1.54) is 0 Å². The fraction of sp³-hybridized carbons (Fsp3) is 0.312. The van der Waals surface area contributed by atoms with Gasteiger partial charge in [-0.25, -0.2) is 9.97 Å². The fourth-order valence-electron chi connectivity index (χ4n) is 2.30. The number of hydrogen-bond acceptors (Lipinski definition) is 7. The van der Waals surface area contributed by atoms with Gasteiger partial charge in [0.2, 0.25) is 5.89 Å². The van der Waals surface area contributed by atoms with Crippen molar-refractivity contribution in [3.63, 3.8) is 0 Å². The van der Waals surface area contributed by atoms with E-state index in [1.54, 1.807) is 19.3 Å². The molecule has 3 aromatic rings. The smallest absolute Gasteiger partial charge is 0.223 e. The van der Waals surface area contributed by atoms with Crippen LogP contribution in [-0.4, -0.2) is 32.1 Å². The molecule has 0 amide bonds. The van der Waals surface area contributed by atoms with Gasteiger partial charge in [-0.05, 0) is 26.0 Å². The van der Waals surface area contributed by atoms with Gasteiger partial charge in [0.25, 0.3) is 0 Å². The highest BCUT2D eigenvalue weighted by Gasteiger charge is 2.15. The van der Waals surface area contributed by atoms with Crippen LogP contribution in [0.3, 0.4) is 0 Å². The lowest BCUT2D eigenvalue weighted by atomic mass is 10.2. The maximum absolute atomic E-state index is 5.02. The normalized spacial score (nSPS) is 10.8. The number of pyridine rings is 1. The zero-order valence-corrected chi connectivity index (χ0v) is 13.6. The summed E-state index contributed by atoms with van der Waals surface area (Å²) in [6.07, 6.45) is 3.49. The highest BCUT2D eigenvalue weighted by Crippen LogP contribution is 2.24. The van der Waals surface area contributed by atoms with Crippen LogP contribution in [0.15, 0.2) is 29.0 Å². The van der Waals surface area contributed by atoms with Crippen LogP contribution in [0.1, 0.15) is 23.0 Å². The second kappa shape index (κ2) is 6.12. The molecule has 0 spiro atoms. The number of nitrogens with zero attached hydrogens (tertiary/aromatic N) is 6. The summed E-state index contributed by atoms with van der Waals surface area (Å²) >= 11 is 0. The first-order valence-corrected chi connectivity index (χ1v) is 7.30.